The second-order valence-corrected chi connectivity index (χ2v) is 7.09. The highest BCUT2D eigenvalue weighted by molar-refractivity contribution is 5.79. The molecule has 0 saturated carbocycles. The van der Waals surface area contributed by atoms with Gasteiger partial charge in [-0.05, 0) is 54.4 Å². The van der Waals surface area contributed by atoms with Gasteiger partial charge in [-0.3, -0.25) is 9.59 Å². The molecule has 154 valence electrons. The SMILES string of the molecule is COc1cccc(CNC(=O)CCCn2c(=O)c3cccn3c3ccc(F)cc32)c1. The summed E-state index contributed by atoms with van der Waals surface area (Å²) in [5.74, 6) is 0.226. The van der Waals surface area contributed by atoms with E-state index in [1.807, 2.05) is 24.3 Å². The summed E-state index contributed by atoms with van der Waals surface area (Å²) < 4.78 is 22.3. The van der Waals surface area contributed by atoms with E-state index in [9.17, 15) is 14.0 Å². The van der Waals surface area contributed by atoms with E-state index in [2.05, 4.69) is 5.32 Å². The van der Waals surface area contributed by atoms with Crippen molar-refractivity contribution in [3.8, 4) is 5.75 Å². The highest BCUT2D eigenvalue weighted by atomic mass is 19.1. The van der Waals surface area contributed by atoms with Crippen LogP contribution in [0.25, 0.3) is 16.6 Å². The normalized spacial score (nSPS) is 11.1. The van der Waals surface area contributed by atoms with Crippen molar-refractivity contribution in [1.29, 1.82) is 0 Å². The fourth-order valence-corrected chi connectivity index (χ4v) is 3.62. The number of benzene rings is 2. The molecule has 7 heteroatoms. The van der Waals surface area contributed by atoms with Crippen LogP contribution in [-0.4, -0.2) is 22.0 Å². The topological polar surface area (TPSA) is 64.7 Å². The van der Waals surface area contributed by atoms with Gasteiger partial charge in [0.25, 0.3) is 5.56 Å². The number of amides is 1. The Labute approximate surface area is 172 Å². The summed E-state index contributed by atoms with van der Waals surface area (Å²) >= 11 is 0. The van der Waals surface area contributed by atoms with Gasteiger partial charge in [-0.15, -0.1) is 0 Å². The lowest BCUT2D eigenvalue weighted by molar-refractivity contribution is -0.121. The van der Waals surface area contributed by atoms with E-state index in [0.29, 0.717) is 30.5 Å². The Morgan fingerprint density at radius 1 is 1.07 bits per heavy atom. The molecule has 2 aromatic heterocycles. The van der Waals surface area contributed by atoms with E-state index in [0.717, 1.165) is 16.8 Å². The first-order valence-corrected chi connectivity index (χ1v) is 9.75. The van der Waals surface area contributed by atoms with E-state index < -0.39 is 5.82 Å². The number of aryl methyl sites for hydroxylation is 1. The summed E-state index contributed by atoms with van der Waals surface area (Å²) in [6.07, 6.45) is 2.51. The lowest BCUT2D eigenvalue weighted by Crippen LogP contribution is -2.25. The van der Waals surface area contributed by atoms with Gasteiger partial charge in [-0.2, -0.15) is 0 Å². The average Bonchev–Trinajstić information content (AvgIpc) is 3.25. The first-order valence-electron chi connectivity index (χ1n) is 9.75. The van der Waals surface area contributed by atoms with Crippen LogP contribution in [-0.2, 0) is 17.9 Å². The number of nitrogens with one attached hydrogen (secondary N) is 1. The van der Waals surface area contributed by atoms with Gasteiger partial charge in [0, 0.05) is 25.7 Å². The second kappa shape index (κ2) is 8.41. The smallest absolute Gasteiger partial charge is 0.275 e. The minimum Gasteiger partial charge on any atom is -0.497 e. The summed E-state index contributed by atoms with van der Waals surface area (Å²) in [5, 5.41) is 2.88. The molecule has 1 amide bonds. The van der Waals surface area contributed by atoms with Crippen molar-refractivity contribution in [3.05, 3.63) is 82.5 Å². The Morgan fingerprint density at radius 2 is 1.93 bits per heavy atom. The molecule has 0 fully saturated rings. The van der Waals surface area contributed by atoms with Crippen LogP contribution in [0.2, 0.25) is 0 Å². The van der Waals surface area contributed by atoms with Gasteiger partial charge in [-0.1, -0.05) is 12.1 Å². The Hall–Kier alpha value is -3.61. The summed E-state index contributed by atoms with van der Waals surface area (Å²) in [7, 11) is 1.60. The first-order chi connectivity index (χ1) is 14.6. The maximum Gasteiger partial charge on any atom is 0.275 e. The zero-order valence-electron chi connectivity index (χ0n) is 16.6. The maximum absolute atomic E-state index is 13.8. The first kappa shape index (κ1) is 19.7. The number of hydrogen-bond donors (Lipinski definition) is 1. The van der Waals surface area contributed by atoms with E-state index in [1.54, 1.807) is 40.5 Å². The molecule has 30 heavy (non-hydrogen) atoms. The van der Waals surface area contributed by atoms with Gasteiger partial charge in [0.1, 0.15) is 17.1 Å². The number of nitrogens with zero attached hydrogens (tertiary/aromatic N) is 2. The molecule has 0 aliphatic heterocycles. The quantitative estimate of drug-likeness (QED) is 0.510. The molecule has 0 radical (unpaired) electrons. The largest absolute Gasteiger partial charge is 0.497 e. The fraction of sp³-hybridized carbons (Fsp3) is 0.217. The number of hydrogen-bond acceptors (Lipinski definition) is 3. The molecule has 6 nitrogen and oxygen atoms in total. The van der Waals surface area contributed by atoms with Crippen molar-refractivity contribution in [3.63, 3.8) is 0 Å². The molecule has 4 aromatic rings. The Bertz CT molecular complexity index is 1280. The number of ether oxygens (including phenoxy) is 1. The Balaban J connectivity index is 1.45. The Morgan fingerprint density at radius 3 is 2.77 bits per heavy atom. The van der Waals surface area contributed by atoms with E-state index in [4.69, 9.17) is 4.74 Å². The van der Waals surface area contributed by atoms with Crippen LogP contribution < -0.4 is 15.6 Å². The molecular weight excluding hydrogens is 385 g/mol. The lowest BCUT2D eigenvalue weighted by Gasteiger charge is -2.13. The summed E-state index contributed by atoms with van der Waals surface area (Å²) in [6.45, 7) is 0.729. The van der Waals surface area contributed by atoms with Gasteiger partial charge >= 0.3 is 0 Å². The van der Waals surface area contributed by atoms with Crippen molar-refractivity contribution >= 4 is 22.5 Å². The predicted molar refractivity (Wildman–Crippen MR) is 113 cm³/mol. The van der Waals surface area contributed by atoms with Crippen LogP contribution >= 0.6 is 0 Å². The molecule has 0 spiro atoms. The number of halogens is 1. The minimum atomic E-state index is -0.404. The van der Waals surface area contributed by atoms with Crippen molar-refractivity contribution < 1.29 is 13.9 Å². The molecule has 2 heterocycles. The van der Waals surface area contributed by atoms with E-state index in [1.165, 1.54) is 12.1 Å². The number of carbonyl (C=O) groups excluding carboxylic acids is 1. The van der Waals surface area contributed by atoms with Crippen LogP contribution in [0.3, 0.4) is 0 Å². The van der Waals surface area contributed by atoms with Crippen LogP contribution in [0.15, 0.2) is 65.6 Å². The van der Waals surface area contributed by atoms with Crippen LogP contribution in [0, 0.1) is 5.82 Å². The monoisotopic (exact) mass is 407 g/mol. The summed E-state index contributed by atoms with van der Waals surface area (Å²) in [4.78, 5) is 25.1. The Kier molecular flexibility index (Phi) is 5.52. The molecule has 1 N–H and O–H groups in total. The van der Waals surface area contributed by atoms with Crippen LogP contribution in [0.1, 0.15) is 18.4 Å². The zero-order chi connectivity index (χ0) is 21.1. The molecule has 0 unspecified atom stereocenters. The second-order valence-electron chi connectivity index (χ2n) is 7.09. The standard InChI is InChI=1S/C23H22FN3O3/c1-30-18-6-2-5-16(13-18)15-25-22(28)8-4-12-27-21-14-17(24)9-10-19(21)26-11-3-7-20(26)23(27)29/h2-3,5-7,9-11,13-14H,4,8,12,15H2,1H3,(H,25,28). The molecule has 2 aromatic carbocycles. The van der Waals surface area contributed by atoms with Gasteiger partial charge < -0.3 is 19.0 Å². The third-order valence-corrected chi connectivity index (χ3v) is 5.11. The van der Waals surface area contributed by atoms with Crippen molar-refractivity contribution in [2.75, 3.05) is 7.11 Å². The molecule has 0 saturated heterocycles. The predicted octanol–water partition coefficient (Wildman–Crippen LogP) is 3.50. The number of aromatic nitrogens is 2. The molecule has 0 atom stereocenters. The van der Waals surface area contributed by atoms with Crippen molar-refractivity contribution in [1.82, 2.24) is 14.3 Å². The lowest BCUT2D eigenvalue weighted by atomic mass is 10.2. The third kappa shape index (κ3) is 3.91. The summed E-state index contributed by atoms with van der Waals surface area (Å²) in [5.41, 5.74) is 2.53. The third-order valence-electron chi connectivity index (χ3n) is 5.11. The highest BCUT2D eigenvalue weighted by Crippen LogP contribution is 2.17. The minimum absolute atomic E-state index is 0.106. The molecule has 0 bridgehead atoms. The number of rotatable bonds is 7. The van der Waals surface area contributed by atoms with Gasteiger partial charge in [-0.25, -0.2) is 4.39 Å². The zero-order valence-corrected chi connectivity index (χ0v) is 16.6. The molecular formula is C23H22FN3O3. The number of carbonyl (C=O) groups is 1. The summed E-state index contributed by atoms with van der Waals surface area (Å²) in [6, 6.07) is 15.4. The van der Waals surface area contributed by atoms with Crippen molar-refractivity contribution in [2.24, 2.45) is 0 Å². The molecule has 4 rings (SSSR count). The maximum atomic E-state index is 13.8. The fourth-order valence-electron chi connectivity index (χ4n) is 3.62. The highest BCUT2D eigenvalue weighted by Gasteiger charge is 2.12. The van der Waals surface area contributed by atoms with E-state index >= 15 is 0 Å². The number of fused-ring (bicyclic) bond motifs is 3. The molecule has 0 aliphatic rings. The van der Waals surface area contributed by atoms with E-state index in [-0.39, 0.29) is 17.9 Å². The van der Waals surface area contributed by atoms with Gasteiger partial charge in [0.2, 0.25) is 5.91 Å². The average molecular weight is 407 g/mol. The van der Waals surface area contributed by atoms with Crippen LogP contribution in [0.4, 0.5) is 4.39 Å². The van der Waals surface area contributed by atoms with Crippen molar-refractivity contribution in [2.45, 2.75) is 25.9 Å². The van der Waals surface area contributed by atoms with Gasteiger partial charge in [0.15, 0.2) is 0 Å². The van der Waals surface area contributed by atoms with Gasteiger partial charge in [0.05, 0.1) is 18.1 Å². The van der Waals surface area contributed by atoms with Crippen LogP contribution in [0.5, 0.6) is 5.75 Å². The number of methoxy groups -OCH3 is 1. The molecule has 0 aliphatic carbocycles.